The van der Waals surface area contributed by atoms with E-state index in [4.69, 9.17) is 4.74 Å². The summed E-state index contributed by atoms with van der Waals surface area (Å²) in [5, 5.41) is 6.97. The van der Waals surface area contributed by atoms with Crippen LogP contribution in [0.25, 0.3) is 0 Å². The van der Waals surface area contributed by atoms with Crippen molar-refractivity contribution in [2.45, 2.75) is 32.7 Å². The van der Waals surface area contributed by atoms with Gasteiger partial charge in [-0.05, 0) is 17.4 Å². The number of nitrogens with one attached hydrogen (secondary N) is 2. The molecule has 0 bridgehead atoms. The normalized spacial score (nSPS) is 18.1. The van der Waals surface area contributed by atoms with Crippen LogP contribution in [0.5, 0.6) is 0 Å². The lowest BCUT2D eigenvalue weighted by Crippen LogP contribution is -2.52. The third kappa shape index (κ3) is 7.40. The van der Waals surface area contributed by atoms with Crippen LogP contribution in [-0.4, -0.2) is 63.3 Å². The van der Waals surface area contributed by atoms with Crippen molar-refractivity contribution < 1.29 is 4.74 Å². The van der Waals surface area contributed by atoms with Gasteiger partial charge in [0.1, 0.15) is 0 Å². The fraction of sp³-hybridized carbons (Fsp3) is 0.650. The van der Waals surface area contributed by atoms with E-state index < -0.39 is 0 Å². The van der Waals surface area contributed by atoms with E-state index in [2.05, 4.69) is 71.6 Å². The van der Waals surface area contributed by atoms with E-state index >= 15 is 0 Å². The van der Waals surface area contributed by atoms with Gasteiger partial charge < -0.3 is 15.4 Å². The van der Waals surface area contributed by atoms with E-state index in [1.165, 1.54) is 5.56 Å². The molecule has 0 radical (unpaired) electrons. The van der Waals surface area contributed by atoms with Gasteiger partial charge in [-0.3, -0.25) is 9.89 Å². The van der Waals surface area contributed by atoms with Gasteiger partial charge in [-0.15, -0.1) is 24.0 Å². The van der Waals surface area contributed by atoms with Crippen molar-refractivity contribution in [3.63, 3.8) is 0 Å². The number of aliphatic imine (C=N–C) groups is 1. The first-order valence-corrected chi connectivity index (χ1v) is 9.43. The first-order valence-electron chi connectivity index (χ1n) is 9.43. The van der Waals surface area contributed by atoms with Crippen LogP contribution in [0.1, 0.15) is 32.3 Å². The Hall–Kier alpha value is -0.860. The molecule has 2 rings (SSSR count). The highest BCUT2D eigenvalue weighted by molar-refractivity contribution is 14.0. The molecule has 2 unspecified atom stereocenters. The minimum Gasteiger partial charge on any atom is -0.379 e. The molecule has 26 heavy (non-hydrogen) atoms. The zero-order valence-corrected chi connectivity index (χ0v) is 18.9. The molecular weight excluding hydrogens is 439 g/mol. The van der Waals surface area contributed by atoms with E-state index in [1.54, 1.807) is 0 Å². The van der Waals surface area contributed by atoms with Crippen molar-refractivity contribution in [2.24, 2.45) is 10.9 Å². The summed E-state index contributed by atoms with van der Waals surface area (Å²) in [7, 11) is 1.83. The highest BCUT2D eigenvalue weighted by Gasteiger charge is 2.23. The SMILES string of the molecule is CN=C(NCC(C)c1ccccc1)NCC(C(C)C)N1CCOCC1.I. The Morgan fingerprint density at radius 3 is 2.27 bits per heavy atom. The quantitative estimate of drug-likeness (QED) is 0.363. The molecule has 0 amide bonds. The Labute approximate surface area is 176 Å². The van der Waals surface area contributed by atoms with Crippen LogP contribution in [0.15, 0.2) is 35.3 Å². The average molecular weight is 474 g/mol. The molecule has 1 aromatic rings. The molecule has 0 aromatic heterocycles. The maximum absolute atomic E-state index is 5.49. The Morgan fingerprint density at radius 2 is 1.69 bits per heavy atom. The van der Waals surface area contributed by atoms with Crippen LogP contribution in [-0.2, 0) is 4.74 Å². The summed E-state index contributed by atoms with van der Waals surface area (Å²) in [4.78, 5) is 6.91. The number of morpholine rings is 1. The molecule has 1 aromatic carbocycles. The van der Waals surface area contributed by atoms with Crippen LogP contribution in [0, 0.1) is 5.92 Å². The van der Waals surface area contributed by atoms with E-state index in [1.807, 2.05) is 7.05 Å². The van der Waals surface area contributed by atoms with Gasteiger partial charge in [0.15, 0.2) is 5.96 Å². The lowest BCUT2D eigenvalue weighted by molar-refractivity contribution is 0.00752. The Morgan fingerprint density at radius 1 is 1.08 bits per heavy atom. The zero-order chi connectivity index (χ0) is 18.1. The van der Waals surface area contributed by atoms with E-state index in [-0.39, 0.29) is 24.0 Å². The van der Waals surface area contributed by atoms with Gasteiger partial charge in [-0.1, -0.05) is 51.1 Å². The molecule has 0 spiro atoms. The molecule has 1 aliphatic heterocycles. The van der Waals surface area contributed by atoms with Crippen molar-refractivity contribution in [1.82, 2.24) is 15.5 Å². The predicted molar refractivity (Wildman–Crippen MR) is 121 cm³/mol. The minimum atomic E-state index is 0. The number of nitrogens with zero attached hydrogens (tertiary/aromatic N) is 2. The second kappa shape index (κ2) is 12.5. The Bertz CT molecular complexity index is 518. The molecule has 1 aliphatic rings. The monoisotopic (exact) mass is 474 g/mol. The maximum atomic E-state index is 5.49. The molecule has 148 valence electrons. The Kier molecular flexibility index (Phi) is 11.2. The van der Waals surface area contributed by atoms with Crippen molar-refractivity contribution in [3.05, 3.63) is 35.9 Å². The van der Waals surface area contributed by atoms with Crippen LogP contribution in [0.3, 0.4) is 0 Å². The summed E-state index contributed by atoms with van der Waals surface area (Å²) in [5.41, 5.74) is 1.35. The van der Waals surface area contributed by atoms with Gasteiger partial charge >= 0.3 is 0 Å². The number of guanidine groups is 1. The van der Waals surface area contributed by atoms with Crippen LogP contribution < -0.4 is 10.6 Å². The fourth-order valence-corrected chi connectivity index (χ4v) is 3.27. The van der Waals surface area contributed by atoms with Crippen molar-refractivity contribution in [3.8, 4) is 0 Å². The van der Waals surface area contributed by atoms with Gasteiger partial charge in [-0.2, -0.15) is 0 Å². The van der Waals surface area contributed by atoms with E-state index in [9.17, 15) is 0 Å². The summed E-state index contributed by atoms with van der Waals surface area (Å²) in [6.07, 6.45) is 0. The molecule has 1 fully saturated rings. The zero-order valence-electron chi connectivity index (χ0n) is 16.6. The second-order valence-electron chi connectivity index (χ2n) is 7.11. The molecule has 1 heterocycles. The fourth-order valence-electron chi connectivity index (χ4n) is 3.27. The molecule has 2 atom stereocenters. The summed E-state index contributed by atoms with van der Waals surface area (Å²) >= 11 is 0. The van der Waals surface area contributed by atoms with Crippen LogP contribution in [0.4, 0.5) is 0 Å². The number of benzene rings is 1. The van der Waals surface area contributed by atoms with Gasteiger partial charge in [0, 0.05) is 39.3 Å². The first-order chi connectivity index (χ1) is 12.1. The predicted octanol–water partition coefficient (Wildman–Crippen LogP) is 2.93. The minimum absolute atomic E-state index is 0. The van der Waals surface area contributed by atoms with E-state index in [0.29, 0.717) is 17.9 Å². The number of halogens is 1. The molecule has 6 heteroatoms. The van der Waals surface area contributed by atoms with Gasteiger partial charge in [0.2, 0.25) is 0 Å². The Balaban J connectivity index is 0.00000338. The summed E-state index contributed by atoms with van der Waals surface area (Å²) in [6, 6.07) is 11.1. The molecule has 0 aliphatic carbocycles. The third-order valence-electron chi connectivity index (χ3n) is 4.93. The van der Waals surface area contributed by atoms with Gasteiger partial charge in [-0.25, -0.2) is 0 Å². The van der Waals surface area contributed by atoms with Gasteiger partial charge in [0.25, 0.3) is 0 Å². The van der Waals surface area contributed by atoms with E-state index in [0.717, 1.165) is 45.4 Å². The molecular formula is C20H35IN4O. The second-order valence-corrected chi connectivity index (χ2v) is 7.11. The van der Waals surface area contributed by atoms with Crippen LogP contribution >= 0.6 is 24.0 Å². The lowest BCUT2D eigenvalue weighted by Gasteiger charge is -2.37. The summed E-state index contributed by atoms with van der Waals surface area (Å²) in [6.45, 7) is 12.3. The summed E-state index contributed by atoms with van der Waals surface area (Å²) < 4.78 is 5.49. The van der Waals surface area contributed by atoms with Crippen molar-refractivity contribution >= 4 is 29.9 Å². The average Bonchev–Trinajstić information content (AvgIpc) is 2.65. The molecule has 2 N–H and O–H groups in total. The van der Waals surface area contributed by atoms with Crippen LogP contribution in [0.2, 0.25) is 0 Å². The third-order valence-corrected chi connectivity index (χ3v) is 4.93. The molecule has 5 nitrogen and oxygen atoms in total. The maximum Gasteiger partial charge on any atom is 0.191 e. The lowest BCUT2D eigenvalue weighted by atomic mass is 10.0. The number of hydrogen-bond acceptors (Lipinski definition) is 3. The molecule has 0 saturated carbocycles. The standard InChI is InChI=1S/C20H34N4O.HI/c1-16(2)19(24-10-12-25-13-11-24)15-23-20(21-4)22-14-17(3)18-8-6-5-7-9-18;/h5-9,16-17,19H,10-15H2,1-4H3,(H2,21,22,23);1H. The van der Waals surface area contributed by atoms with Crippen molar-refractivity contribution in [2.75, 3.05) is 46.4 Å². The smallest absolute Gasteiger partial charge is 0.191 e. The highest BCUT2D eigenvalue weighted by Crippen LogP contribution is 2.13. The number of rotatable bonds is 7. The van der Waals surface area contributed by atoms with Crippen molar-refractivity contribution in [1.29, 1.82) is 0 Å². The van der Waals surface area contributed by atoms with Gasteiger partial charge in [0.05, 0.1) is 13.2 Å². The number of hydrogen-bond donors (Lipinski definition) is 2. The largest absolute Gasteiger partial charge is 0.379 e. The summed E-state index contributed by atoms with van der Waals surface area (Å²) in [5.74, 6) is 1.91. The molecule has 1 saturated heterocycles. The first kappa shape index (κ1) is 23.2. The topological polar surface area (TPSA) is 48.9 Å². The highest BCUT2D eigenvalue weighted by atomic mass is 127. The number of ether oxygens (including phenoxy) is 1.